The highest BCUT2D eigenvalue weighted by Gasteiger charge is 2.62. The fourth-order valence-corrected chi connectivity index (χ4v) is 8.22. The molecule has 1 amide bonds. The number of nitrogens with one attached hydrogen (secondary N) is 1. The average Bonchev–Trinajstić information content (AvgIpc) is 2.99. The van der Waals surface area contributed by atoms with Crippen LogP contribution in [-0.2, 0) is 4.79 Å². The van der Waals surface area contributed by atoms with E-state index in [1.54, 1.807) is 12.1 Å². The van der Waals surface area contributed by atoms with Crippen molar-refractivity contribution in [2.45, 2.75) is 64.0 Å². The van der Waals surface area contributed by atoms with Gasteiger partial charge in [0.05, 0.1) is 17.3 Å². The largest absolute Gasteiger partial charge is 0.492 e. The number of benzene rings is 2. The van der Waals surface area contributed by atoms with Crippen LogP contribution in [0.4, 0.5) is 0 Å². The number of pyridine rings is 1. The van der Waals surface area contributed by atoms with E-state index < -0.39 is 17.4 Å². The van der Waals surface area contributed by atoms with Gasteiger partial charge in [-0.15, -0.1) is 12.4 Å². The Morgan fingerprint density at radius 3 is 2.31 bits per heavy atom. The van der Waals surface area contributed by atoms with E-state index in [0.717, 1.165) is 54.4 Å². The zero-order chi connectivity index (χ0) is 31.2. The highest BCUT2D eigenvalue weighted by Crippen LogP contribution is 2.58. The lowest BCUT2D eigenvalue weighted by molar-refractivity contribution is -0.163. The smallest absolute Gasteiger partial charge is 0.330 e. The Morgan fingerprint density at radius 1 is 1.02 bits per heavy atom. The molecule has 4 aliphatic carbocycles. The lowest BCUT2D eigenvalue weighted by atomic mass is 9.48. The second kappa shape index (κ2) is 13.3. The Bertz CT molecular complexity index is 1550. The second-order valence-corrected chi connectivity index (χ2v) is 13.8. The maximum atomic E-state index is 13.9. The van der Waals surface area contributed by atoms with Crippen LogP contribution in [0.1, 0.15) is 61.5 Å². The van der Waals surface area contributed by atoms with Gasteiger partial charge in [0.25, 0.3) is 5.91 Å². The molecular formula is C36H43Cl2N3O4. The lowest BCUT2D eigenvalue weighted by Crippen LogP contribution is -2.70. The predicted octanol–water partition coefficient (Wildman–Crippen LogP) is 7.53. The molecule has 9 heteroatoms. The summed E-state index contributed by atoms with van der Waals surface area (Å²) in [6, 6.07) is 17.6. The van der Waals surface area contributed by atoms with Crippen molar-refractivity contribution in [3.05, 3.63) is 70.9 Å². The third-order valence-corrected chi connectivity index (χ3v) is 10.9. The van der Waals surface area contributed by atoms with Crippen molar-refractivity contribution in [1.82, 2.24) is 15.2 Å². The molecule has 0 spiro atoms. The third kappa shape index (κ3) is 6.32. The van der Waals surface area contributed by atoms with Gasteiger partial charge in [-0.1, -0.05) is 41.9 Å². The number of halogens is 2. The first-order valence-electron chi connectivity index (χ1n) is 15.8. The maximum absolute atomic E-state index is 13.9. The van der Waals surface area contributed by atoms with Gasteiger partial charge >= 0.3 is 5.97 Å². The van der Waals surface area contributed by atoms with E-state index in [1.165, 1.54) is 6.42 Å². The van der Waals surface area contributed by atoms with Crippen LogP contribution in [0, 0.1) is 30.6 Å². The van der Waals surface area contributed by atoms with Crippen molar-refractivity contribution in [1.29, 1.82) is 0 Å². The molecule has 1 heterocycles. The number of nitrogens with zero attached hydrogens (tertiary/aromatic N) is 2. The molecule has 4 aliphatic rings. The lowest BCUT2D eigenvalue weighted by Gasteiger charge is -2.59. The maximum Gasteiger partial charge on any atom is 0.330 e. The minimum Gasteiger partial charge on any atom is -0.492 e. The summed E-state index contributed by atoms with van der Waals surface area (Å²) in [5.74, 6) is 0.259. The van der Waals surface area contributed by atoms with Crippen molar-refractivity contribution in [3.8, 4) is 28.1 Å². The SMILES string of the molecule is Cc1ccccc1-c1ccc(C(=O)NC2(C(=O)O)C3CC4CC(C3)CC2C4)nc1-c1ccc(Cl)c(OCCC(C)N(C)C)c1.Cl. The molecular weight excluding hydrogens is 609 g/mol. The van der Waals surface area contributed by atoms with Crippen molar-refractivity contribution < 1.29 is 19.4 Å². The van der Waals surface area contributed by atoms with Crippen molar-refractivity contribution in [2.24, 2.45) is 23.7 Å². The molecule has 4 fully saturated rings. The summed E-state index contributed by atoms with van der Waals surface area (Å²) in [4.78, 5) is 33.9. The number of amides is 1. The third-order valence-electron chi connectivity index (χ3n) is 10.5. The Labute approximate surface area is 277 Å². The Morgan fingerprint density at radius 2 is 1.69 bits per heavy atom. The van der Waals surface area contributed by atoms with Gasteiger partial charge in [0.1, 0.15) is 17.0 Å². The van der Waals surface area contributed by atoms with Gasteiger partial charge in [-0.25, -0.2) is 9.78 Å². The molecule has 3 aromatic rings. The molecule has 1 unspecified atom stereocenters. The highest BCUT2D eigenvalue weighted by atomic mass is 35.5. The molecule has 4 bridgehead atoms. The Hall–Kier alpha value is -3.13. The molecule has 0 saturated heterocycles. The number of aromatic nitrogens is 1. The minimum atomic E-state index is -1.24. The average molecular weight is 653 g/mol. The number of hydrogen-bond acceptors (Lipinski definition) is 5. The van der Waals surface area contributed by atoms with Gasteiger partial charge in [0.2, 0.25) is 0 Å². The number of carboxylic acids is 1. The number of rotatable bonds is 10. The number of carboxylic acid groups (broad SMARTS) is 1. The number of carbonyl (C=O) groups is 2. The number of aryl methyl sites for hydroxylation is 1. The summed E-state index contributed by atoms with van der Waals surface area (Å²) >= 11 is 6.56. The number of hydrogen-bond donors (Lipinski definition) is 2. The summed E-state index contributed by atoms with van der Waals surface area (Å²) in [5.41, 5.74) is 3.29. The van der Waals surface area contributed by atoms with Gasteiger partial charge < -0.3 is 20.1 Å². The van der Waals surface area contributed by atoms with Crippen molar-refractivity contribution in [2.75, 3.05) is 20.7 Å². The van der Waals surface area contributed by atoms with Crippen LogP contribution in [0.5, 0.6) is 5.75 Å². The van der Waals surface area contributed by atoms with Crippen LogP contribution in [-0.4, -0.2) is 59.1 Å². The Kier molecular flexibility index (Phi) is 9.83. The predicted molar refractivity (Wildman–Crippen MR) is 180 cm³/mol. The summed E-state index contributed by atoms with van der Waals surface area (Å²) in [6.07, 6.45) is 5.50. The molecule has 0 radical (unpaired) electrons. The van der Waals surface area contributed by atoms with Gasteiger partial charge in [-0.2, -0.15) is 0 Å². The molecule has 45 heavy (non-hydrogen) atoms. The summed E-state index contributed by atoms with van der Waals surface area (Å²) in [6.45, 7) is 4.70. The second-order valence-electron chi connectivity index (χ2n) is 13.4. The topological polar surface area (TPSA) is 91.8 Å². The van der Waals surface area contributed by atoms with Crippen LogP contribution in [0.3, 0.4) is 0 Å². The van der Waals surface area contributed by atoms with Gasteiger partial charge in [0.15, 0.2) is 0 Å². The van der Waals surface area contributed by atoms with Gasteiger partial charge in [0, 0.05) is 17.2 Å². The van der Waals surface area contributed by atoms with E-state index in [0.29, 0.717) is 41.0 Å². The molecule has 1 atom stereocenters. The fraction of sp³-hybridized carbons (Fsp3) is 0.472. The standard InChI is InChI=1S/C36H42ClN3O4.ClH/c1-21-7-5-6-8-28(21)29-10-12-31(34(41)39-36(35(42)43)26-16-23-15-24(18-26)19-27(36)17-23)38-33(29)25-9-11-30(37)32(20-25)44-14-13-22(2)40(3)4;/h5-12,20,22-24,26-27H,13-19H2,1-4H3,(H,39,41)(H,42,43);1H. The molecule has 2 N–H and O–H groups in total. The van der Waals surface area contributed by atoms with E-state index >= 15 is 0 Å². The molecule has 240 valence electrons. The van der Waals surface area contributed by atoms with Crippen LogP contribution < -0.4 is 10.1 Å². The van der Waals surface area contributed by atoms with E-state index in [4.69, 9.17) is 21.3 Å². The summed E-state index contributed by atoms with van der Waals surface area (Å²) < 4.78 is 6.13. The molecule has 4 saturated carbocycles. The fourth-order valence-electron chi connectivity index (χ4n) is 8.04. The first-order chi connectivity index (χ1) is 21.1. The van der Waals surface area contributed by atoms with Crippen molar-refractivity contribution in [3.63, 3.8) is 0 Å². The van der Waals surface area contributed by atoms with E-state index in [2.05, 4.69) is 17.1 Å². The zero-order valence-electron chi connectivity index (χ0n) is 26.4. The molecule has 7 rings (SSSR count). The van der Waals surface area contributed by atoms with E-state index in [9.17, 15) is 14.7 Å². The monoisotopic (exact) mass is 651 g/mol. The van der Waals surface area contributed by atoms with Gasteiger partial charge in [-0.05, 0) is 126 Å². The Balaban J connectivity index is 0.00000400. The molecule has 7 nitrogen and oxygen atoms in total. The highest BCUT2D eigenvalue weighted by molar-refractivity contribution is 6.32. The van der Waals surface area contributed by atoms with E-state index in [-0.39, 0.29) is 29.9 Å². The summed E-state index contributed by atoms with van der Waals surface area (Å²) in [5, 5.41) is 14.1. The zero-order valence-corrected chi connectivity index (χ0v) is 28.0. The molecule has 1 aromatic heterocycles. The van der Waals surface area contributed by atoms with Gasteiger partial charge in [-0.3, -0.25) is 4.79 Å². The first-order valence-corrected chi connectivity index (χ1v) is 16.2. The van der Waals surface area contributed by atoms with Crippen LogP contribution in [0.2, 0.25) is 5.02 Å². The van der Waals surface area contributed by atoms with Crippen LogP contribution >= 0.6 is 24.0 Å². The normalized spacial score (nSPS) is 25.5. The van der Waals surface area contributed by atoms with E-state index in [1.807, 2.05) is 63.5 Å². The summed E-state index contributed by atoms with van der Waals surface area (Å²) in [7, 11) is 4.09. The molecule has 0 aliphatic heterocycles. The number of ether oxygens (including phenoxy) is 1. The number of carbonyl (C=O) groups excluding carboxylic acids is 1. The first kappa shape index (κ1) is 33.2. The molecule has 2 aromatic carbocycles. The minimum absolute atomic E-state index is 0. The van der Waals surface area contributed by atoms with Crippen LogP contribution in [0.25, 0.3) is 22.4 Å². The number of aliphatic carboxylic acids is 1. The van der Waals surface area contributed by atoms with Crippen LogP contribution in [0.15, 0.2) is 54.6 Å². The van der Waals surface area contributed by atoms with Crippen molar-refractivity contribution >= 4 is 35.9 Å². The quantitative estimate of drug-likeness (QED) is 0.235.